The zero-order valence-corrected chi connectivity index (χ0v) is 39.6. The molecule has 2 aliphatic heterocycles. The maximum absolute atomic E-state index is 15.1. The standard InChI is InChI=1S/C56H60N8O5/c1-30(2)46(62-56(68)69-3)54(66)63-25-7-12-45(63)51-57-43-23-18-36-26-34(16-21-41(36)48(43)59-51)35-17-22-42-37(27-35)19-24-44-49(42)60-52(58-44)50-39-15-20-40(29-39)64(50)55(67)47(61-53(65)32-13-14-32)38-11-6-10-33(28-38)31-8-4-5-9-31/h6,10-11,16-19,21-24,26-28,30-32,39-40,45-47,50H,4-5,7-9,12-15,20,25,29H2,1-3H3,(H,57,59)(H,58,60)(H,61,65)(H,62,68)/t39-,40+,45-,46-,47+,50-/m0/s1. The lowest BCUT2D eigenvalue weighted by molar-refractivity contribution is -0.141. The fraction of sp³-hybridized carbons (Fsp3) is 0.429. The molecule has 4 amide bonds. The molecule has 5 aliphatic rings. The molecule has 0 radical (unpaired) electrons. The maximum atomic E-state index is 15.1. The number of hydrogen-bond donors (Lipinski definition) is 4. The van der Waals surface area contributed by atoms with Gasteiger partial charge in [-0.3, -0.25) is 14.4 Å². The second-order valence-corrected chi connectivity index (χ2v) is 20.9. The van der Waals surface area contributed by atoms with Gasteiger partial charge < -0.3 is 35.1 Å². The predicted molar refractivity (Wildman–Crippen MR) is 266 cm³/mol. The van der Waals surface area contributed by atoms with Gasteiger partial charge >= 0.3 is 6.09 Å². The van der Waals surface area contributed by atoms with E-state index < -0.39 is 18.2 Å². The molecule has 6 atom stereocenters. The van der Waals surface area contributed by atoms with Crippen LogP contribution in [-0.4, -0.2) is 79.3 Å². The van der Waals surface area contributed by atoms with Crippen LogP contribution in [0.2, 0.25) is 0 Å². The highest BCUT2D eigenvalue weighted by molar-refractivity contribution is 6.07. The van der Waals surface area contributed by atoms with Gasteiger partial charge in [-0.25, -0.2) is 14.8 Å². The van der Waals surface area contributed by atoms with E-state index in [-0.39, 0.29) is 47.7 Å². The van der Waals surface area contributed by atoms with Crippen molar-refractivity contribution in [3.05, 3.63) is 108 Å². The topological polar surface area (TPSA) is 165 Å². The summed E-state index contributed by atoms with van der Waals surface area (Å²) in [6.45, 7) is 4.43. The van der Waals surface area contributed by atoms with Crippen molar-refractivity contribution in [1.82, 2.24) is 40.4 Å². The lowest BCUT2D eigenvalue weighted by atomic mass is 9.92. The van der Waals surface area contributed by atoms with Crippen molar-refractivity contribution < 1.29 is 23.9 Å². The van der Waals surface area contributed by atoms with Gasteiger partial charge in [0.1, 0.15) is 23.7 Å². The number of H-pyrrole nitrogens is 2. The molecule has 4 heterocycles. The minimum absolute atomic E-state index is 0.00505. The minimum Gasteiger partial charge on any atom is -0.453 e. The minimum atomic E-state index is -0.732. The van der Waals surface area contributed by atoms with Crippen molar-refractivity contribution in [3.8, 4) is 11.1 Å². The van der Waals surface area contributed by atoms with Gasteiger partial charge in [0.2, 0.25) is 11.8 Å². The first-order valence-corrected chi connectivity index (χ1v) is 25.3. The van der Waals surface area contributed by atoms with Crippen molar-refractivity contribution >= 4 is 67.4 Å². The van der Waals surface area contributed by atoms with E-state index in [1.807, 2.05) is 24.8 Å². The number of fused-ring (bicyclic) bond motifs is 8. The number of nitrogens with zero attached hydrogens (tertiary/aromatic N) is 4. The number of alkyl carbamates (subject to hydrolysis) is 1. The SMILES string of the molecule is COC(=O)N[C@H](C(=O)N1CCC[C@H]1c1nc2c(ccc3cc(-c4ccc5c(ccc6[nH]c([C@@H]7[C@H]8CC[C@H](C8)N7C(=O)[C@H](NC(=O)C7CC7)c7cccc(C8CCCC8)c7)nc65)c4)ccc32)[nH]1)C(C)C. The molecular weight excluding hydrogens is 865 g/mol. The first kappa shape index (κ1) is 43.5. The zero-order chi connectivity index (χ0) is 47.1. The maximum Gasteiger partial charge on any atom is 0.407 e. The van der Waals surface area contributed by atoms with E-state index in [0.717, 1.165) is 117 Å². The van der Waals surface area contributed by atoms with Gasteiger partial charge in [-0.15, -0.1) is 0 Å². The van der Waals surface area contributed by atoms with E-state index in [1.54, 1.807) is 0 Å². The fourth-order valence-electron chi connectivity index (χ4n) is 12.4. The number of methoxy groups -OCH3 is 1. The van der Waals surface area contributed by atoms with E-state index >= 15 is 4.79 Å². The third kappa shape index (κ3) is 7.78. The van der Waals surface area contributed by atoms with Crippen LogP contribution in [0.3, 0.4) is 0 Å². The normalized spacial score (nSPS) is 22.4. The highest BCUT2D eigenvalue weighted by Gasteiger charge is 2.52. The van der Waals surface area contributed by atoms with Crippen LogP contribution in [-0.2, 0) is 19.1 Å². The Morgan fingerprint density at radius 3 is 2.06 bits per heavy atom. The quantitative estimate of drug-likeness (QED) is 0.100. The molecule has 69 heavy (non-hydrogen) atoms. The van der Waals surface area contributed by atoms with Crippen molar-refractivity contribution in [2.45, 2.75) is 121 Å². The number of imidazole rings is 2. The fourth-order valence-corrected chi connectivity index (χ4v) is 12.4. The van der Waals surface area contributed by atoms with Crippen LogP contribution in [0.1, 0.15) is 131 Å². The summed E-state index contributed by atoms with van der Waals surface area (Å²) in [6, 6.07) is 28.2. The van der Waals surface area contributed by atoms with Gasteiger partial charge in [0, 0.05) is 29.3 Å². The molecule has 2 bridgehead atoms. The number of carbonyl (C=O) groups excluding carboxylic acids is 4. The Bertz CT molecular complexity index is 3180. The molecule has 0 spiro atoms. The van der Waals surface area contributed by atoms with Gasteiger partial charge in [-0.2, -0.15) is 0 Å². The molecule has 2 saturated heterocycles. The van der Waals surface area contributed by atoms with Crippen LogP contribution in [0.15, 0.2) is 84.9 Å². The average Bonchev–Trinajstić information content (AvgIpc) is 4.07. The molecular formula is C56H60N8O5. The molecule has 3 aliphatic carbocycles. The second-order valence-electron chi connectivity index (χ2n) is 20.9. The summed E-state index contributed by atoms with van der Waals surface area (Å²) < 4.78 is 4.82. The van der Waals surface area contributed by atoms with Gasteiger partial charge in [-0.1, -0.05) is 87.4 Å². The summed E-state index contributed by atoms with van der Waals surface area (Å²) >= 11 is 0. The Labute approximate surface area is 401 Å². The van der Waals surface area contributed by atoms with E-state index in [0.29, 0.717) is 18.4 Å². The summed E-state index contributed by atoms with van der Waals surface area (Å²) in [5.74, 6) is 2.08. The number of aromatic amines is 2. The van der Waals surface area contributed by atoms with Gasteiger partial charge in [0.05, 0.1) is 41.3 Å². The Kier molecular flexibility index (Phi) is 10.9. The van der Waals surface area contributed by atoms with Crippen molar-refractivity contribution in [2.24, 2.45) is 17.8 Å². The lowest BCUT2D eigenvalue weighted by Gasteiger charge is -2.37. The number of likely N-dealkylation sites (tertiary alicyclic amines) is 2. The van der Waals surface area contributed by atoms with Gasteiger partial charge in [0.15, 0.2) is 0 Å². The van der Waals surface area contributed by atoms with Crippen molar-refractivity contribution in [3.63, 3.8) is 0 Å². The number of carbonyl (C=O) groups is 4. The first-order chi connectivity index (χ1) is 33.6. The monoisotopic (exact) mass is 924 g/mol. The number of nitrogens with one attached hydrogen (secondary N) is 4. The molecule has 0 unspecified atom stereocenters. The average molecular weight is 925 g/mol. The number of ether oxygens (including phenoxy) is 1. The zero-order valence-electron chi connectivity index (χ0n) is 39.6. The third-order valence-electron chi connectivity index (χ3n) is 16.2. The Balaban J connectivity index is 0.818. The molecule has 2 aromatic heterocycles. The number of hydrogen-bond acceptors (Lipinski definition) is 7. The number of amides is 4. The van der Waals surface area contributed by atoms with E-state index in [4.69, 9.17) is 14.7 Å². The van der Waals surface area contributed by atoms with Gasteiger partial charge in [0.25, 0.3) is 5.91 Å². The molecule has 13 nitrogen and oxygen atoms in total. The molecule has 13 heteroatoms. The largest absolute Gasteiger partial charge is 0.453 e. The molecule has 3 saturated carbocycles. The second kappa shape index (κ2) is 17.3. The smallest absolute Gasteiger partial charge is 0.407 e. The number of rotatable bonds is 11. The van der Waals surface area contributed by atoms with E-state index in [2.05, 4.69) is 104 Å². The summed E-state index contributed by atoms with van der Waals surface area (Å²) in [4.78, 5) is 76.0. The molecule has 5 aromatic carbocycles. The van der Waals surface area contributed by atoms with Crippen LogP contribution < -0.4 is 10.6 Å². The van der Waals surface area contributed by atoms with Crippen LogP contribution in [0.5, 0.6) is 0 Å². The number of piperidine rings is 1. The van der Waals surface area contributed by atoms with Crippen LogP contribution in [0.25, 0.3) is 54.7 Å². The number of benzene rings is 5. The predicted octanol–water partition coefficient (Wildman–Crippen LogP) is 10.4. The number of aromatic nitrogens is 4. The van der Waals surface area contributed by atoms with Gasteiger partial charge in [-0.05, 0) is 133 Å². The lowest BCUT2D eigenvalue weighted by Crippen LogP contribution is -2.51. The van der Waals surface area contributed by atoms with Crippen molar-refractivity contribution in [1.29, 1.82) is 0 Å². The third-order valence-corrected chi connectivity index (χ3v) is 16.2. The molecule has 5 fully saturated rings. The highest BCUT2D eigenvalue weighted by Crippen LogP contribution is 2.51. The molecule has 12 rings (SSSR count). The van der Waals surface area contributed by atoms with E-state index in [1.165, 1.54) is 38.4 Å². The summed E-state index contributed by atoms with van der Waals surface area (Å²) in [7, 11) is 1.30. The Morgan fingerprint density at radius 2 is 1.39 bits per heavy atom. The van der Waals surface area contributed by atoms with Crippen LogP contribution in [0.4, 0.5) is 4.79 Å². The van der Waals surface area contributed by atoms with E-state index in [9.17, 15) is 14.4 Å². The first-order valence-electron chi connectivity index (χ1n) is 25.3. The Morgan fingerprint density at radius 1 is 0.710 bits per heavy atom. The Hall–Kier alpha value is -6.76. The van der Waals surface area contributed by atoms with Crippen LogP contribution >= 0.6 is 0 Å². The molecule has 7 aromatic rings. The van der Waals surface area contributed by atoms with Crippen LogP contribution in [0, 0.1) is 17.8 Å². The summed E-state index contributed by atoms with van der Waals surface area (Å²) in [5.41, 5.74) is 7.94. The summed E-state index contributed by atoms with van der Waals surface area (Å²) in [5, 5.41) is 10.2. The molecule has 354 valence electrons. The summed E-state index contributed by atoms with van der Waals surface area (Å²) in [6.07, 6.45) is 10.5. The van der Waals surface area contributed by atoms with Crippen molar-refractivity contribution in [2.75, 3.05) is 13.7 Å². The highest BCUT2D eigenvalue weighted by atomic mass is 16.5. The molecule has 4 N–H and O–H groups in total.